The largest absolute Gasteiger partial charge is 0.288 e. The van der Waals surface area contributed by atoms with Crippen LogP contribution in [0.4, 0.5) is 8.78 Å². The van der Waals surface area contributed by atoms with Crippen molar-refractivity contribution >= 4 is 33.3 Å². The van der Waals surface area contributed by atoms with Crippen molar-refractivity contribution in [3.63, 3.8) is 0 Å². The number of ketones is 1. The molecule has 2 aromatic rings. The molecule has 0 aliphatic carbocycles. The van der Waals surface area contributed by atoms with E-state index >= 15 is 0 Å². The average Bonchev–Trinajstić information content (AvgIpc) is 2.34. The zero-order valence-electron chi connectivity index (χ0n) is 9.81. The van der Waals surface area contributed by atoms with Crippen molar-refractivity contribution in [1.29, 1.82) is 0 Å². The first-order chi connectivity index (χ1) is 8.91. The molecule has 5 heteroatoms. The van der Waals surface area contributed by atoms with Crippen molar-refractivity contribution in [2.24, 2.45) is 0 Å². The number of benzene rings is 2. The second-order valence-electron chi connectivity index (χ2n) is 4.01. The summed E-state index contributed by atoms with van der Waals surface area (Å²) in [4.78, 5) is 12.3. The average molecular weight is 346 g/mol. The second-order valence-corrected chi connectivity index (χ2v) is 5.33. The zero-order chi connectivity index (χ0) is 14.2. The summed E-state index contributed by atoms with van der Waals surface area (Å²) in [6, 6.07) is 6.98. The Morgan fingerprint density at radius 3 is 2.53 bits per heavy atom. The summed E-state index contributed by atoms with van der Waals surface area (Å²) in [6.07, 6.45) is 0. The van der Waals surface area contributed by atoms with E-state index in [1.807, 2.05) is 0 Å². The lowest BCUT2D eigenvalue weighted by Gasteiger charge is -2.08. The Morgan fingerprint density at radius 2 is 1.89 bits per heavy atom. The highest BCUT2D eigenvalue weighted by Gasteiger charge is 2.22. The number of aryl methyl sites for hydroxylation is 1. The lowest BCUT2D eigenvalue weighted by atomic mass is 9.98. The van der Waals surface area contributed by atoms with Gasteiger partial charge in [0.05, 0.1) is 10.6 Å². The molecular weight excluding hydrogens is 338 g/mol. The van der Waals surface area contributed by atoms with Crippen molar-refractivity contribution in [2.75, 3.05) is 0 Å². The molecule has 0 atom stereocenters. The molecule has 0 saturated heterocycles. The van der Waals surface area contributed by atoms with Gasteiger partial charge in [-0.05, 0) is 42.8 Å². The van der Waals surface area contributed by atoms with E-state index in [4.69, 9.17) is 11.6 Å². The fourth-order valence-corrected chi connectivity index (χ4v) is 2.46. The van der Waals surface area contributed by atoms with Gasteiger partial charge in [-0.25, -0.2) is 8.78 Å². The van der Waals surface area contributed by atoms with Crippen LogP contribution in [0.1, 0.15) is 21.5 Å². The van der Waals surface area contributed by atoms with Crippen molar-refractivity contribution in [1.82, 2.24) is 0 Å². The summed E-state index contributed by atoms with van der Waals surface area (Å²) in [5.74, 6) is -2.95. The molecule has 2 aromatic carbocycles. The molecule has 0 spiro atoms. The van der Waals surface area contributed by atoms with Gasteiger partial charge in [-0.1, -0.05) is 27.5 Å². The number of hydrogen-bond acceptors (Lipinski definition) is 1. The second kappa shape index (κ2) is 5.39. The van der Waals surface area contributed by atoms with Crippen molar-refractivity contribution in [2.45, 2.75) is 6.92 Å². The van der Waals surface area contributed by atoms with Gasteiger partial charge in [0.15, 0.2) is 17.4 Å². The van der Waals surface area contributed by atoms with Gasteiger partial charge in [0.25, 0.3) is 0 Å². The van der Waals surface area contributed by atoms with Gasteiger partial charge >= 0.3 is 0 Å². The third kappa shape index (κ3) is 2.69. The molecule has 0 aromatic heterocycles. The molecule has 0 amide bonds. The van der Waals surface area contributed by atoms with Gasteiger partial charge in [-0.15, -0.1) is 0 Å². The van der Waals surface area contributed by atoms with Crippen LogP contribution in [-0.2, 0) is 0 Å². The zero-order valence-corrected chi connectivity index (χ0v) is 12.1. The normalized spacial score (nSPS) is 10.6. The van der Waals surface area contributed by atoms with E-state index < -0.39 is 23.0 Å². The van der Waals surface area contributed by atoms with E-state index in [-0.39, 0.29) is 10.6 Å². The fraction of sp³-hybridized carbons (Fsp3) is 0.0714. The molecule has 2 rings (SSSR count). The molecule has 0 aliphatic rings. The highest BCUT2D eigenvalue weighted by molar-refractivity contribution is 9.10. The molecule has 0 fully saturated rings. The Hall–Kier alpha value is -1.26. The first-order valence-electron chi connectivity index (χ1n) is 5.36. The van der Waals surface area contributed by atoms with Crippen LogP contribution in [0.3, 0.4) is 0 Å². The molecular formula is C14H8BrClF2O. The summed E-state index contributed by atoms with van der Waals surface area (Å²) < 4.78 is 27.7. The minimum Gasteiger partial charge on any atom is -0.288 e. The first-order valence-corrected chi connectivity index (χ1v) is 6.53. The van der Waals surface area contributed by atoms with E-state index in [0.29, 0.717) is 5.56 Å². The summed E-state index contributed by atoms with van der Waals surface area (Å²) >= 11 is 9.06. The third-order valence-electron chi connectivity index (χ3n) is 2.70. The van der Waals surface area contributed by atoms with Crippen LogP contribution < -0.4 is 0 Å². The Labute approximate surface area is 122 Å². The molecule has 0 unspecified atom stereocenters. The predicted octanol–water partition coefficient (Wildman–Crippen LogP) is 4.92. The van der Waals surface area contributed by atoms with Crippen LogP contribution in [0.15, 0.2) is 34.8 Å². The van der Waals surface area contributed by atoms with E-state index in [1.165, 1.54) is 6.07 Å². The maximum atomic E-state index is 13.7. The minimum absolute atomic E-state index is 0.105. The van der Waals surface area contributed by atoms with Crippen LogP contribution in [0.5, 0.6) is 0 Å². The summed E-state index contributed by atoms with van der Waals surface area (Å²) in [5.41, 5.74) is 0.501. The number of carbonyl (C=O) groups excluding carboxylic acids is 1. The van der Waals surface area contributed by atoms with Crippen LogP contribution in [-0.4, -0.2) is 5.78 Å². The van der Waals surface area contributed by atoms with Crippen molar-refractivity contribution in [3.8, 4) is 0 Å². The van der Waals surface area contributed by atoms with Gasteiger partial charge in [0, 0.05) is 10.0 Å². The Morgan fingerprint density at radius 1 is 1.21 bits per heavy atom. The Kier molecular flexibility index (Phi) is 4.02. The number of carbonyl (C=O) groups is 1. The Balaban J connectivity index is 2.59. The number of rotatable bonds is 2. The topological polar surface area (TPSA) is 17.1 Å². The third-order valence-corrected chi connectivity index (χ3v) is 3.51. The predicted molar refractivity (Wildman–Crippen MR) is 73.7 cm³/mol. The van der Waals surface area contributed by atoms with Crippen LogP contribution >= 0.6 is 27.5 Å². The standard InChI is InChI=1S/C14H8BrClF2O/c1-7-6-8(15)2-3-9(7)14(19)12-10(16)4-5-11(17)13(12)18/h2-6H,1H3. The molecule has 0 radical (unpaired) electrons. The highest BCUT2D eigenvalue weighted by atomic mass is 79.9. The van der Waals surface area contributed by atoms with Crippen LogP contribution in [0.2, 0.25) is 5.02 Å². The Bertz CT molecular complexity index is 671. The van der Waals surface area contributed by atoms with E-state index in [2.05, 4.69) is 15.9 Å². The van der Waals surface area contributed by atoms with Gasteiger partial charge in [0.2, 0.25) is 0 Å². The van der Waals surface area contributed by atoms with E-state index in [0.717, 1.165) is 10.5 Å². The maximum Gasteiger partial charge on any atom is 0.197 e. The monoisotopic (exact) mass is 344 g/mol. The quantitative estimate of drug-likeness (QED) is 0.558. The molecule has 0 aliphatic heterocycles. The van der Waals surface area contributed by atoms with Crippen LogP contribution in [0, 0.1) is 18.6 Å². The molecule has 19 heavy (non-hydrogen) atoms. The van der Waals surface area contributed by atoms with E-state index in [1.54, 1.807) is 25.1 Å². The smallest absolute Gasteiger partial charge is 0.197 e. The number of halogens is 4. The van der Waals surface area contributed by atoms with Crippen LogP contribution in [0.25, 0.3) is 0 Å². The summed E-state index contributed by atoms with van der Waals surface area (Å²) in [5, 5.41) is -0.105. The van der Waals surface area contributed by atoms with Gasteiger partial charge in [-0.3, -0.25) is 4.79 Å². The minimum atomic E-state index is -1.22. The molecule has 0 saturated carbocycles. The molecule has 1 nitrogen and oxygen atoms in total. The lowest BCUT2D eigenvalue weighted by molar-refractivity contribution is 0.103. The lowest BCUT2D eigenvalue weighted by Crippen LogP contribution is -2.08. The van der Waals surface area contributed by atoms with Gasteiger partial charge in [-0.2, -0.15) is 0 Å². The summed E-state index contributed by atoms with van der Waals surface area (Å²) in [7, 11) is 0. The maximum absolute atomic E-state index is 13.7. The summed E-state index contributed by atoms with van der Waals surface area (Å²) in [6.45, 7) is 1.71. The highest BCUT2D eigenvalue weighted by Crippen LogP contribution is 2.26. The number of hydrogen-bond donors (Lipinski definition) is 0. The van der Waals surface area contributed by atoms with Crippen molar-refractivity contribution in [3.05, 3.63) is 68.2 Å². The molecule has 0 heterocycles. The SMILES string of the molecule is Cc1cc(Br)ccc1C(=O)c1c(Cl)ccc(F)c1F. The van der Waals surface area contributed by atoms with E-state index in [9.17, 15) is 13.6 Å². The molecule has 0 N–H and O–H groups in total. The molecule has 98 valence electrons. The first kappa shape index (κ1) is 14.2. The van der Waals surface area contributed by atoms with Gasteiger partial charge < -0.3 is 0 Å². The fourth-order valence-electron chi connectivity index (χ4n) is 1.75. The van der Waals surface area contributed by atoms with Crippen molar-refractivity contribution < 1.29 is 13.6 Å². The molecule has 0 bridgehead atoms. The van der Waals surface area contributed by atoms with Gasteiger partial charge in [0.1, 0.15) is 0 Å².